The van der Waals surface area contributed by atoms with Crippen LogP contribution >= 0.6 is 11.6 Å². The Kier molecular flexibility index (Phi) is 5.79. The van der Waals surface area contributed by atoms with E-state index >= 15 is 0 Å². The summed E-state index contributed by atoms with van der Waals surface area (Å²) in [5.74, 6) is -0.0264. The lowest BCUT2D eigenvalue weighted by Crippen LogP contribution is -2.09. The van der Waals surface area contributed by atoms with Gasteiger partial charge < -0.3 is 9.47 Å². The van der Waals surface area contributed by atoms with Crippen LogP contribution in [0.25, 0.3) is 16.7 Å². The highest BCUT2D eigenvalue weighted by Crippen LogP contribution is 2.32. The Hall–Kier alpha value is -3.18. The molecule has 0 unspecified atom stereocenters. The van der Waals surface area contributed by atoms with E-state index in [0.29, 0.717) is 17.9 Å². The van der Waals surface area contributed by atoms with Crippen LogP contribution in [0.5, 0.6) is 5.88 Å². The molecule has 0 saturated heterocycles. The van der Waals surface area contributed by atoms with Crippen LogP contribution in [0.15, 0.2) is 42.7 Å². The lowest BCUT2D eigenvalue weighted by atomic mass is 10.2. The summed E-state index contributed by atoms with van der Waals surface area (Å²) in [7, 11) is 1.48. The fourth-order valence-corrected chi connectivity index (χ4v) is 3.03. The lowest BCUT2D eigenvalue weighted by molar-refractivity contribution is -0.141. The van der Waals surface area contributed by atoms with Crippen LogP contribution < -0.4 is 4.74 Å². The summed E-state index contributed by atoms with van der Waals surface area (Å²) in [6.07, 6.45) is -1.38. The molecule has 1 aromatic carbocycles. The van der Waals surface area contributed by atoms with Gasteiger partial charge in [-0.15, -0.1) is 0 Å². The Morgan fingerprint density at radius 2 is 1.87 bits per heavy atom. The van der Waals surface area contributed by atoms with Gasteiger partial charge in [0.05, 0.1) is 30.4 Å². The van der Waals surface area contributed by atoms with Crippen LogP contribution in [0.1, 0.15) is 11.3 Å². The monoisotopic (exact) mass is 452 g/mol. The molecule has 0 amide bonds. The second-order valence-electron chi connectivity index (χ2n) is 6.51. The molecule has 0 aliphatic carbocycles. The maximum atomic E-state index is 13.1. The summed E-state index contributed by atoms with van der Waals surface area (Å²) in [5, 5.41) is 8.80. The Balaban J connectivity index is 1.59. The molecule has 162 valence electrons. The number of benzene rings is 1. The van der Waals surface area contributed by atoms with Gasteiger partial charge in [-0.3, -0.25) is 0 Å². The summed E-state index contributed by atoms with van der Waals surface area (Å²) in [6, 6.07) is 7.70. The van der Waals surface area contributed by atoms with Gasteiger partial charge in [0.1, 0.15) is 6.61 Å². The van der Waals surface area contributed by atoms with E-state index in [1.165, 1.54) is 7.11 Å². The first kappa shape index (κ1) is 21.1. The molecule has 3 heterocycles. The number of ether oxygens (including phenoxy) is 2. The molecule has 12 heteroatoms. The number of hydrogen-bond acceptors (Lipinski definition) is 6. The second kappa shape index (κ2) is 8.52. The third kappa shape index (κ3) is 4.62. The molecular formula is C19H16ClF3N6O2. The molecule has 8 nitrogen and oxygen atoms in total. The van der Waals surface area contributed by atoms with Crippen molar-refractivity contribution >= 4 is 22.6 Å². The van der Waals surface area contributed by atoms with Crippen molar-refractivity contribution in [1.29, 1.82) is 0 Å². The van der Waals surface area contributed by atoms with E-state index in [4.69, 9.17) is 21.1 Å². The first-order valence-corrected chi connectivity index (χ1v) is 9.45. The smallest absolute Gasteiger partial charge is 0.435 e. The molecule has 0 spiro atoms. The highest BCUT2D eigenvalue weighted by atomic mass is 35.5. The molecule has 0 saturated carbocycles. The minimum absolute atomic E-state index is 0.0264. The average Bonchev–Trinajstić information content (AvgIpc) is 3.33. The molecule has 0 atom stereocenters. The number of nitrogens with zero attached hydrogens (tertiary/aromatic N) is 6. The number of hydrogen-bond donors (Lipinski definition) is 0. The van der Waals surface area contributed by atoms with Crippen molar-refractivity contribution in [1.82, 2.24) is 29.5 Å². The van der Waals surface area contributed by atoms with Crippen molar-refractivity contribution in [3.8, 4) is 11.6 Å². The number of rotatable bonds is 7. The van der Waals surface area contributed by atoms with E-state index in [0.717, 1.165) is 21.7 Å². The zero-order chi connectivity index (χ0) is 22.0. The van der Waals surface area contributed by atoms with E-state index in [1.807, 2.05) is 0 Å². The Bertz CT molecular complexity index is 1190. The lowest BCUT2D eigenvalue weighted by Gasteiger charge is -2.10. The van der Waals surface area contributed by atoms with Crippen molar-refractivity contribution in [3.63, 3.8) is 0 Å². The van der Waals surface area contributed by atoms with Crippen LogP contribution in [-0.4, -0.2) is 49.9 Å². The van der Waals surface area contributed by atoms with Gasteiger partial charge in [0.25, 0.3) is 0 Å². The van der Waals surface area contributed by atoms with Crippen LogP contribution in [0.4, 0.5) is 13.2 Å². The highest BCUT2D eigenvalue weighted by Gasteiger charge is 2.35. The summed E-state index contributed by atoms with van der Waals surface area (Å²) in [6.45, 7) is 0.715. The van der Waals surface area contributed by atoms with Gasteiger partial charge in [-0.2, -0.15) is 28.4 Å². The van der Waals surface area contributed by atoms with Crippen LogP contribution in [0, 0.1) is 0 Å². The quantitative estimate of drug-likeness (QED) is 0.314. The average molecular weight is 453 g/mol. The number of fused-ring (bicyclic) bond motifs is 1. The first-order valence-electron chi connectivity index (χ1n) is 9.07. The van der Waals surface area contributed by atoms with Gasteiger partial charge in [0, 0.05) is 19.4 Å². The number of methoxy groups -OCH3 is 1. The van der Waals surface area contributed by atoms with Gasteiger partial charge in [0.15, 0.2) is 11.3 Å². The number of aromatic nitrogens is 6. The van der Waals surface area contributed by atoms with Crippen LogP contribution in [-0.2, 0) is 17.5 Å². The van der Waals surface area contributed by atoms with E-state index in [2.05, 4.69) is 20.2 Å². The highest BCUT2D eigenvalue weighted by molar-refractivity contribution is 6.28. The Labute approximate surface area is 179 Å². The van der Waals surface area contributed by atoms with Gasteiger partial charge in [-0.25, -0.2) is 14.3 Å². The molecule has 0 bridgehead atoms. The standard InChI is InChI=1S/C19H16ClF3N6O2/c1-30-6-7-31-16-8-15(19(21,22)23)27-29(16)14-4-2-12(3-5-14)11-28-17-13(10-25-28)9-24-18(20)26-17/h2-5,8-10H,6-7,11H2,1H3. The molecule has 31 heavy (non-hydrogen) atoms. The summed E-state index contributed by atoms with van der Waals surface area (Å²) >= 11 is 5.86. The second-order valence-corrected chi connectivity index (χ2v) is 6.84. The first-order chi connectivity index (χ1) is 14.8. The van der Waals surface area contributed by atoms with Crippen molar-refractivity contribution in [2.24, 2.45) is 0 Å². The summed E-state index contributed by atoms with van der Waals surface area (Å²) in [4.78, 5) is 8.10. The van der Waals surface area contributed by atoms with Gasteiger partial charge >= 0.3 is 6.18 Å². The molecule has 0 fully saturated rings. The third-order valence-electron chi connectivity index (χ3n) is 4.36. The van der Waals surface area contributed by atoms with Crippen molar-refractivity contribution in [2.75, 3.05) is 20.3 Å². The van der Waals surface area contributed by atoms with Gasteiger partial charge in [-0.05, 0) is 29.3 Å². The van der Waals surface area contributed by atoms with E-state index in [9.17, 15) is 13.2 Å². The predicted molar refractivity (Wildman–Crippen MR) is 105 cm³/mol. The van der Waals surface area contributed by atoms with Crippen LogP contribution in [0.3, 0.4) is 0 Å². The van der Waals surface area contributed by atoms with E-state index in [1.54, 1.807) is 41.3 Å². The van der Waals surface area contributed by atoms with E-state index in [-0.39, 0.29) is 24.4 Å². The molecular weight excluding hydrogens is 437 g/mol. The molecule has 0 N–H and O–H groups in total. The summed E-state index contributed by atoms with van der Waals surface area (Å²) < 4.78 is 52.5. The normalized spacial score (nSPS) is 11.9. The maximum Gasteiger partial charge on any atom is 0.435 e. The van der Waals surface area contributed by atoms with Crippen molar-refractivity contribution < 1.29 is 22.6 Å². The molecule has 0 aliphatic heterocycles. The van der Waals surface area contributed by atoms with Crippen molar-refractivity contribution in [2.45, 2.75) is 12.7 Å². The van der Waals surface area contributed by atoms with Crippen LogP contribution in [0.2, 0.25) is 5.28 Å². The Morgan fingerprint density at radius 1 is 1.10 bits per heavy atom. The Morgan fingerprint density at radius 3 is 2.58 bits per heavy atom. The zero-order valence-corrected chi connectivity index (χ0v) is 16.9. The fourth-order valence-electron chi connectivity index (χ4n) is 2.90. The predicted octanol–water partition coefficient (Wildman–Crippen LogP) is 3.76. The van der Waals surface area contributed by atoms with Gasteiger partial charge in [-0.1, -0.05) is 12.1 Å². The third-order valence-corrected chi connectivity index (χ3v) is 4.55. The minimum atomic E-state index is -4.59. The molecule has 4 aromatic rings. The van der Waals surface area contributed by atoms with Crippen molar-refractivity contribution in [3.05, 3.63) is 59.3 Å². The zero-order valence-electron chi connectivity index (χ0n) is 16.2. The molecule has 0 aliphatic rings. The SMILES string of the molecule is COCCOc1cc(C(F)(F)F)nn1-c1ccc(Cn2ncc3cnc(Cl)nc32)cc1. The van der Waals surface area contributed by atoms with Gasteiger partial charge in [0.2, 0.25) is 11.2 Å². The summed E-state index contributed by atoms with van der Waals surface area (Å²) in [5.41, 5.74) is 0.819. The molecule has 0 radical (unpaired) electrons. The topological polar surface area (TPSA) is 79.9 Å². The van der Waals surface area contributed by atoms with E-state index < -0.39 is 11.9 Å². The largest absolute Gasteiger partial charge is 0.475 e. The maximum absolute atomic E-state index is 13.1. The number of halogens is 4. The fraction of sp³-hybridized carbons (Fsp3) is 0.263. The molecule has 3 aromatic heterocycles. The molecule has 4 rings (SSSR count). The minimum Gasteiger partial charge on any atom is -0.475 e. The number of alkyl halides is 3.